The maximum Gasteiger partial charge on any atom is 0.142 e. The number of methoxy groups -OCH3 is 1. The Morgan fingerprint density at radius 3 is 2.29 bits per heavy atom. The minimum atomic E-state index is 0.391. The Balaban J connectivity index is 1.38. The van der Waals surface area contributed by atoms with E-state index in [1.165, 1.54) is 45.0 Å². The summed E-state index contributed by atoms with van der Waals surface area (Å²) in [6.45, 7) is 4.82. The number of aromatic hydroxyl groups is 1. The molecular formula is C27H29N5O2. The van der Waals surface area contributed by atoms with E-state index in [9.17, 15) is 5.11 Å². The van der Waals surface area contributed by atoms with Crippen LogP contribution in [0.4, 0.5) is 28.4 Å². The molecule has 4 aliphatic heterocycles. The standard InChI is InChI=1S/C27H29N5O2/c1-28(2)22-8-9-24(34-3)27-19(22)13-31-16-32(27)14-20-25-18(10-23(33)26(20)31)12-29-15-30(25)11-17-6-4-5-7-21(17)29/h4-10,33H,11-16H2,1-3H3. The van der Waals surface area contributed by atoms with Crippen LogP contribution in [0.5, 0.6) is 11.5 Å². The molecule has 0 unspecified atom stereocenters. The molecule has 0 saturated heterocycles. The van der Waals surface area contributed by atoms with Gasteiger partial charge < -0.3 is 34.3 Å². The summed E-state index contributed by atoms with van der Waals surface area (Å²) in [4.78, 5) is 11.8. The quantitative estimate of drug-likeness (QED) is 0.625. The number of phenols is 1. The van der Waals surface area contributed by atoms with Gasteiger partial charge in [-0.1, -0.05) is 18.2 Å². The maximum atomic E-state index is 11.3. The van der Waals surface area contributed by atoms with Crippen LogP contribution in [0.2, 0.25) is 0 Å². The molecule has 0 atom stereocenters. The number of ether oxygens (including phenoxy) is 1. The number of hydrogen-bond acceptors (Lipinski definition) is 7. The van der Waals surface area contributed by atoms with Crippen molar-refractivity contribution < 1.29 is 9.84 Å². The number of rotatable bonds is 2. The number of phenolic OH excluding ortho intramolecular Hbond substituents is 1. The molecule has 174 valence electrons. The zero-order chi connectivity index (χ0) is 23.1. The van der Waals surface area contributed by atoms with Crippen molar-refractivity contribution in [2.24, 2.45) is 0 Å². The first-order chi connectivity index (χ1) is 16.5. The summed E-state index contributed by atoms with van der Waals surface area (Å²) in [6.07, 6.45) is 0. The van der Waals surface area contributed by atoms with E-state index in [1.807, 2.05) is 6.07 Å². The Kier molecular flexibility index (Phi) is 3.99. The Hall–Kier alpha value is -3.74. The fourth-order valence-electron chi connectivity index (χ4n) is 6.44. The molecule has 1 N–H and O–H groups in total. The predicted molar refractivity (Wildman–Crippen MR) is 136 cm³/mol. The van der Waals surface area contributed by atoms with Crippen molar-refractivity contribution in [3.05, 3.63) is 64.7 Å². The van der Waals surface area contributed by atoms with Crippen LogP contribution in [0.1, 0.15) is 22.3 Å². The fraction of sp³-hybridized carbons (Fsp3) is 0.333. The third-order valence-electron chi connectivity index (χ3n) is 7.74. The van der Waals surface area contributed by atoms with Gasteiger partial charge in [0, 0.05) is 62.8 Å². The monoisotopic (exact) mass is 455 g/mol. The van der Waals surface area contributed by atoms with Gasteiger partial charge in [0.15, 0.2) is 0 Å². The number of nitrogens with zero attached hydrogens (tertiary/aromatic N) is 5. The third-order valence-corrected chi connectivity index (χ3v) is 7.74. The SMILES string of the molecule is COc1ccc(N(C)C)c2c1N1Cc3c(c(O)cc4c3N3Cc5ccccc5N(C4)C3)N(C2)C1. The van der Waals surface area contributed by atoms with Gasteiger partial charge in [-0.2, -0.15) is 0 Å². The maximum absolute atomic E-state index is 11.3. The van der Waals surface area contributed by atoms with Crippen molar-refractivity contribution in [3.63, 3.8) is 0 Å². The van der Waals surface area contributed by atoms with E-state index in [0.29, 0.717) is 5.75 Å². The lowest BCUT2D eigenvalue weighted by molar-refractivity contribution is 0.411. The van der Waals surface area contributed by atoms with Crippen molar-refractivity contribution >= 4 is 28.4 Å². The van der Waals surface area contributed by atoms with Gasteiger partial charge in [0.1, 0.15) is 11.5 Å². The first-order valence-electron chi connectivity index (χ1n) is 11.9. The second-order valence-corrected chi connectivity index (χ2v) is 9.94. The second-order valence-electron chi connectivity index (χ2n) is 9.94. The van der Waals surface area contributed by atoms with Gasteiger partial charge in [-0.05, 0) is 35.4 Å². The smallest absolute Gasteiger partial charge is 0.142 e. The Labute approximate surface area is 200 Å². The number of para-hydroxylation sites is 1. The minimum absolute atomic E-state index is 0.391. The molecular weight excluding hydrogens is 426 g/mol. The molecule has 7 heteroatoms. The molecule has 0 amide bonds. The van der Waals surface area contributed by atoms with Crippen LogP contribution in [0.3, 0.4) is 0 Å². The van der Waals surface area contributed by atoms with Gasteiger partial charge in [-0.3, -0.25) is 0 Å². The first-order valence-corrected chi connectivity index (χ1v) is 11.9. The first kappa shape index (κ1) is 19.7. The van der Waals surface area contributed by atoms with E-state index in [4.69, 9.17) is 4.74 Å². The number of anilines is 5. The van der Waals surface area contributed by atoms with Crippen LogP contribution >= 0.6 is 0 Å². The Morgan fingerprint density at radius 2 is 1.47 bits per heavy atom. The molecule has 4 heterocycles. The highest BCUT2D eigenvalue weighted by atomic mass is 16.5. The molecule has 7 nitrogen and oxygen atoms in total. The van der Waals surface area contributed by atoms with E-state index < -0.39 is 0 Å². The Morgan fingerprint density at radius 1 is 0.765 bits per heavy atom. The van der Waals surface area contributed by atoms with Crippen LogP contribution in [-0.4, -0.2) is 39.6 Å². The van der Waals surface area contributed by atoms with Crippen molar-refractivity contribution in [2.45, 2.75) is 26.2 Å². The molecule has 4 aliphatic rings. The topological polar surface area (TPSA) is 45.7 Å². The van der Waals surface area contributed by atoms with Gasteiger partial charge in [-0.15, -0.1) is 0 Å². The molecule has 34 heavy (non-hydrogen) atoms. The zero-order valence-electron chi connectivity index (χ0n) is 19.9. The number of benzene rings is 3. The molecule has 0 spiro atoms. The number of hydrogen-bond donors (Lipinski definition) is 1. The van der Waals surface area contributed by atoms with Crippen LogP contribution in [0.25, 0.3) is 0 Å². The molecule has 0 fully saturated rings. The third kappa shape index (κ3) is 2.58. The largest absolute Gasteiger partial charge is 0.506 e. The van der Waals surface area contributed by atoms with Crippen LogP contribution in [-0.2, 0) is 26.2 Å². The molecule has 0 aliphatic carbocycles. The lowest BCUT2D eigenvalue weighted by Crippen LogP contribution is -2.50. The minimum Gasteiger partial charge on any atom is -0.506 e. The predicted octanol–water partition coefficient (Wildman–Crippen LogP) is 4.06. The summed E-state index contributed by atoms with van der Waals surface area (Å²) in [5.74, 6) is 1.30. The summed E-state index contributed by atoms with van der Waals surface area (Å²) in [7, 11) is 5.92. The van der Waals surface area contributed by atoms with E-state index >= 15 is 0 Å². The van der Waals surface area contributed by atoms with Gasteiger partial charge >= 0.3 is 0 Å². The highest BCUT2D eigenvalue weighted by Gasteiger charge is 2.40. The molecule has 4 bridgehead atoms. The summed E-state index contributed by atoms with van der Waals surface area (Å²) in [5, 5.41) is 11.3. The molecule has 3 aromatic rings. The lowest BCUT2D eigenvalue weighted by atomic mass is 9.92. The summed E-state index contributed by atoms with van der Waals surface area (Å²) in [5.41, 5.74) is 11.0. The zero-order valence-corrected chi connectivity index (χ0v) is 19.9. The average Bonchev–Trinajstić information content (AvgIpc) is 2.82. The van der Waals surface area contributed by atoms with Gasteiger partial charge in [0.05, 0.1) is 37.5 Å². The van der Waals surface area contributed by atoms with Crippen molar-refractivity contribution in [1.82, 2.24) is 0 Å². The van der Waals surface area contributed by atoms with E-state index in [0.717, 1.165) is 51.0 Å². The summed E-state index contributed by atoms with van der Waals surface area (Å²) >= 11 is 0. The van der Waals surface area contributed by atoms with Crippen molar-refractivity contribution in [1.29, 1.82) is 0 Å². The van der Waals surface area contributed by atoms with E-state index in [1.54, 1.807) is 7.11 Å². The van der Waals surface area contributed by atoms with Crippen LogP contribution in [0, 0.1) is 0 Å². The lowest BCUT2D eigenvalue weighted by Gasteiger charge is -2.50. The number of fused-ring (bicyclic) bond motifs is 13. The highest BCUT2D eigenvalue weighted by Crippen LogP contribution is 2.52. The average molecular weight is 456 g/mol. The second kappa shape index (κ2) is 6.88. The molecule has 0 radical (unpaired) electrons. The molecule has 0 saturated carbocycles. The highest BCUT2D eigenvalue weighted by molar-refractivity contribution is 5.85. The van der Waals surface area contributed by atoms with Gasteiger partial charge in [0.2, 0.25) is 0 Å². The normalized spacial score (nSPS) is 17.0. The summed E-state index contributed by atoms with van der Waals surface area (Å²) < 4.78 is 5.82. The Bertz CT molecular complexity index is 1340. The molecule has 7 rings (SSSR count). The van der Waals surface area contributed by atoms with Crippen molar-refractivity contribution in [2.75, 3.05) is 59.0 Å². The van der Waals surface area contributed by atoms with Crippen LogP contribution < -0.4 is 29.2 Å². The molecule has 3 aromatic carbocycles. The van der Waals surface area contributed by atoms with Crippen molar-refractivity contribution in [3.8, 4) is 11.5 Å². The molecule has 0 aromatic heterocycles. The van der Waals surface area contributed by atoms with E-state index in [2.05, 4.69) is 75.0 Å². The summed E-state index contributed by atoms with van der Waals surface area (Å²) in [6, 6.07) is 14.9. The van der Waals surface area contributed by atoms with Gasteiger partial charge in [-0.25, -0.2) is 0 Å². The fourth-order valence-corrected chi connectivity index (χ4v) is 6.44. The van der Waals surface area contributed by atoms with Crippen LogP contribution in [0.15, 0.2) is 42.5 Å². The van der Waals surface area contributed by atoms with E-state index in [-0.39, 0.29) is 0 Å². The van der Waals surface area contributed by atoms with Gasteiger partial charge in [0.25, 0.3) is 0 Å².